The van der Waals surface area contributed by atoms with E-state index in [1.54, 1.807) is 6.07 Å². The minimum Gasteiger partial charge on any atom is -0.378 e. The van der Waals surface area contributed by atoms with E-state index < -0.39 is 17.6 Å². The number of nitrogens with zero attached hydrogens (tertiary/aromatic N) is 2. The number of carbonyl (C=O) groups excluding carboxylic acids is 2. The highest BCUT2D eigenvalue weighted by Crippen LogP contribution is 2.10. The third-order valence-corrected chi connectivity index (χ3v) is 3.34. The number of halogens is 1. The van der Waals surface area contributed by atoms with Gasteiger partial charge in [-0.3, -0.25) is 9.59 Å². The van der Waals surface area contributed by atoms with Crippen molar-refractivity contribution in [1.82, 2.24) is 10.7 Å². The topological polar surface area (TPSA) is 73.8 Å². The van der Waals surface area contributed by atoms with Crippen LogP contribution in [0.2, 0.25) is 0 Å². The lowest BCUT2D eigenvalue weighted by Gasteiger charge is -2.11. The van der Waals surface area contributed by atoms with Crippen LogP contribution in [0.25, 0.3) is 0 Å². The summed E-state index contributed by atoms with van der Waals surface area (Å²) >= 11 is 0. The molecule has 25 heavy (non-hydrogen) atoms. The summed E-state index contributed by atoms with van der Waals surface area (Å²) in [7, 11) is 3.89. The first-order valence-corrected chi connectivity index (χ1v) is 7.59. The molecule has 0 aliphatic rings. The van der Waals surface area contributed by atoms with Crippen molar-refractivity contribution in [1.29, 1.82) is 0 Å². The molecule has 130 valence electrons. The van der Waals surface area contributed by atoms with Crippen molar-refractivity contribution in [2.24, 2.45) is 5.10 Å². The van der Waals surface area contributed by atoms with E-state index in [-0.39, 0.29) is 12.1 Å². The van der Waals surface area contributed by atoms with Gasteiger partial charge in [-0.1, -0.05) is 24.3 Å². The Morgan fingerprint density at radius 3 is 2.44 bits per heavy atom. The monoisotopic (exact) mass is 342 g/mol. The SMILES string of the molecule is CN(C)c1ccc(/C=N/NC(=O)CNC(=O)c2ccccc2F)cc1. The maximum atomic E-state index is 13.4. The molecule has 2 aromatic carbocycles. The second-order valence-corrected chi connectivity index (χ2v) is 5.44. The van der Waals surface area contributed by atoms with Gasteiger partial charge in [-0.25, -0.2) is 9.82 Å². The van der Waals surface area contributed by atoms with Gasteiger partial charge in [-0.2, -0.15) is 5.10 Å². The largest absolute Gasteiger partial charge is 0.378 e. The van der Waals surface area contributed by atoms with E-state index in [4.69, 9.17) is 0 Å². The van der Waals surface area contributed by atoms with E-state index in [1.807, 2.05) is 43.3 Å². The summed E-state index contributed by atoms with van der Waals surface area (Å²) < 4.78 is 13.4. The van der Waals surface area contributed by atoms with E-state index in [9.17, 15) is 14.0 Å². The summed E-state index contributed by atoms with van der Waals surface area (Å²) in [5, 5.41) is 6.16. The van der Waals surface area contributed by atoms with Crippen LogP contribution in [0.1, 0.15) is 15.9 Å². The van der Waals surface area contributed by atoms with Gasteiger partial charge in [-0.15, -0.1) is 0 Å². The minimum atomic E-state index is -0.656. The molecule has 0 aliphatic heterocycles. The molecule has 0 atom stereocenters. The van der Waals surface area contributed by atoms with Crippen LogP contribution in [0, 0.1) is 5.82 Å². The van der Waals surface area contributed by atoms with Gasteiger partial charge in [0.05, 0.1) is 18.3 Å². The first-order valence-electron chi connectivity index (χ1n) is 7.59. The predicted molar refractivity (Wildman–Crippen MR) is 95.2 cm³/mol. The van der Waals surface area contributed by atoms with Crippen molar-refractivity contribution >= 4 is 23.7 Å². The van der Waals surface area contributed by atoms with E-state index in [2.05, 4.69) is 15.8 Å². The zero-order chi connectivity index (χ0) is 18.2. The standard InChI is InChI=1S/C18H19FN4O2/c1-23(2)14-9-7-13(8-10-14)11-21-22-17(24)12-20-18(25)15-5-3-4-6-16(15)19/h3-11H,12H2,1-2H3,(H,20,25)(H,22,24)/b21-11+. The molecule has 0 aliphatic carbocycles. The van der Waals surface area contributed by atoms with E-state index >= 15 is 0 Å². The van der Waals surface area contributed by atoms with E-state index in [1.165, 1.54) is 24.4 Å². The summed E-state index contributed by atoms with van der Waals surface area (Å²) in [6, 6.07) is 13.1. The molecule has 0 spiro atoms. The number of hydrogen-bond acceptors (Lipinski definition) is 4. The Bertz CT molecular complexity index is 773. The Morgan fingerprint density at radius 2 is 1.80 bits per heavy atom. The van der Waals surface area contributed by atoms with Crippen LogP contribution in [0.3, 0.4) is 0 Å². The third kappa shape index (κ3) is 5.42. The molecule has 2 aromatic rings. The van der Waals surface area contributed by atoms with Crippen LogP contribution in [-0.4, -0.2) is 38.7 Å². The van der Waals surface area contributed by atoms with Crippen molar-refractivity contribution in [2.75, 3.05) is 25.5 Å². The lowest BCUT2D eigenvalue weighted by atomic mass is 10.2. The zero-order valence-electron chi connectivity index (χ0n) is 14.0. The second kappa shape index (κ2) is 8.58. The van der Waals surface area contributed by atoms with Gasteiger partial charge in [0, 0.05) is 19.8 Å². The maximum Gasteiger partial charge on any atom is 0.259 e. The molecular weight excluding hydrogens is 323 g/mol. The van der Waals surface area contributed by atoms with Crippen LogP contribution in [0.4, 0.5) is 10.1 Å². The van der Waals surface area contributed by atoms with Gasteiger partial charge < -0.3 is 10.2 Å². The van der Waals surface area contributed by atoms with Gasteiger partial charge >= 0.3 is 0 Å². The van der Waals surface area contributed by atoms with Gasteiger partial charge in [0.2, 0.25) is 0 Å². The van der Waals surface area contributed by atoms with Crippen LogP contribution in [0.15, 0.2) is 53.6 Å². The lowest BCUT2D eigenvalue weighted by Crippen LogP contribution is -2.35. The summed E-state index contributed by atoms with van der Waals surface area (Å²) in [6.07, 6.45) is 1.50. The van der Waals surface area contributed by atoms with Crippen molar-refractivity contribution in [3.05, 3.63) is 65.5 Å². The predicted octanol–water partition coefficient (Wildman–Crippen LogP) is 1.77. The molecule has 0 fully saturated rings. The fourth-order valence-electron chi connectivity index (χ4n) is 1.98. The number of benzene rings is 2. The Hall–Kier alpha value is -3.22. The highest BCUT2D eigenvalue weighted by Gasteiger charge is 2.11. The Balaban J connectivity index is 1.80. The maximum absolute atomic E-state index is 13.4. The van der Waals surface area contributed by atoms with Crippen LogP contribution in [-0.2, 0) is 4.79 Å². The molecule has 2 amide bonds. The lowest BCUT2D eigenvalue weighted by molar-refractivity contribution is -0.120. The van der Waals surface area contributed by atoms with Gasteiger partial charge in [0.1, 0.15) is 5.82 Å². The molecule has 0 saturated carbocycles. The molecule has 0 aromatic heterocycles. The molecule has 2 N–H and O–H groups in total. The van der Waals surface area contributed by atoms with Crippen molar-refractivity contribution < 1.29 is 14.0 Å². The highest BCUT2D eigenvalue weighted by molar-refractivity contribution is 5.96. The number of carbonyl (C=O) groups is 2. The second-order valence-electron chi connectivity index (χ2n) is 5.44. The van der Waals surface area contributed by atoms with E-state index in [0.717, 1.165) is 11.3 Å². The number of anilines is 1. The van der Waals surface area contributed by atoms with E-state index in [0.29, 0.717) is 0 Å². The Morgan fingerprint density at radius 1 is 1.12 bits per heavy atom. The molecular formula is C18H19FN4O2. The summed E-state index contributed by atoms with van der Waals surface area (Å²) in [4.78, 5) is 25.4. The van der Waals surface area contributed by atoms with Crippen molar-refractivity contribution in [3.63, 3.8) is 0 Å². The first kappa shape index (κ1) is 18.1. The fourth-order valence-corrected chi connectivity index (χ4v) is 1.98. The van der Waals surface area contributed by atoms with Crippen LogP contribution in [0.5, 0.6) is 0 Å². The summed E-state index contributed by atoms with van der Waals surface area (Å²) in [5.74, 6) is -1.80. The number of amides is 2. The zero-order valence-corrected chi connectivity index (χ0v) is 14.0. The normalized spacial score (nSPS) is 10.5. The number of nitrogens with one attached hydrogen (secondary N) is 2. The average molecular weight is 342 g/mol. The molecule has 7 heteroatoms. The first-order chi connectivity index (χ1) is 12.0. The van der Waals surface area contributed by atoms with Crippen molar-refractivity contribution in [3.8, 4) is 0 Å². The summed E-state index contributed by atoms with van der Waals surface area (Å²) in [5.41, 5.74) is 4.06. The van der Waals surface area contributed by atoms with Gasteiger partial charge in [0.25, 0.3) is 11.8 Å². The molecule has 0 radical (unpaired) electrons. The quantitative estimate of drug-likeness (QED) is 0.621. The highest BCUT2D eigenvalue weighted by atomic mass is 19.1. The molecule has 0 bridgehead atoms. The minimum absolute atomic E-state index is 0.111. The van der Waals surface area contributed by atoms with Gasteiger partial charge in [0.15, 0.2) is 0 Å². The average Bonchev–Trinajstić information content (AvgIpc) is 2.60. The number of rotatable bonds is 6. The van der Waals surface area contributed by atoms with Gasteiger partial charge in [-0.05, 0) is 29.8 Å². The molecule has 0 saturated heterocycles. The Labute approximate surface area is 145 Å². The van der Waals surface area contributed by atoms with Crippen LogP contribution < -0.4 is 15.6 Å². The van der Waals surface area contributed by atoms with Crippen LogP contribution >= 0.6 is 0 Å². The fraction of sp³-hybridized carbons (Fsp3) is 0.167. The Kier molecular flexibility index (Phi) is 6.22. The molecule has 6 nitrogen and oxygen atoms in total. The molecule has 0 unspecified atom stereocenters. The molecule has 0 heterocycles. The summed E-state index contributed by atoms with van der Waals surface area (Å²) in [6.45, 7) is -0.302. The van der Waals surface area contributed by atoms with Crippen molar-refractivity contribution in [2.45, 2.75) is 0 Å². The smallest absolute Gasteiger partial charge is 0.259 e. The molecule has 2 rings (SSSR count). The number of hydrazone groups is 1. The third-order valence-electron chi connectivity index (χ3n) is 3.34. The number of hydrogen-bond donors (Lipinski definition) is 2.